The number of hydrogen-bond acceptors (Lipinski definition) is 3. The highest BCUT2D eigenvalue weighted by Crippen LogP contribution is 2.02. The summed E-state index contributed by atoms with van der Waals surface area (Å²) >= 11 is 0. The first-order chi connectivity index (χ1) is 6.86. The van der Waals surface area contributed by atoms with Crippen LogP contribution in [0.2, 0.25) is 0 Å². The smallest absolute Gasteiger partial charge is 0.240 e. The van der Waals surface area contributed by atoms with Crippen LogP contribution in [-0.4, -0.2) is 36.0 Å². The Bertz CT molecular complexity index is 171. The molecule has 0 rings (SSSR count). The Balaban J connectivity index is 0. The third-order valence-electron chi connectivity index (χ3n) is 1.92. The molecule has 0 fully saturated rings. The minimum Gasteiger partial charge on any atom is -0.366 e. The number of hydrogen-bond donors (Lipinski definition) is 2. The van der Waals surface area contributed by atoms with Gasteiger partial charge in [-0.25, -0.2) is 0 Å². The van der Waals surface area contributed by atoms with Gasteiger partial charge in [0.2, 0.25) is 5.91 Å². The van der Waals surface area contributed by atoms with Gasteiger partial charge in [0, 0.05) is 25.2 Å². The molecule has 0 aromatic heterocycles. The number of nitrogens with zero attached hydrogens (tertiary/aromatic N) is 1. The van der Waals surface area contributed by atoms with Crippen molar-refractivity contribution in [3.8, 4) is 0 Å². The van der Waals surface area contributed by atoms with Gasteiger partial charge < -0.3 is 11.5 Å². The molecule has 0 aromatic rings. The van der Waals surface area contributed by atoms with Crippen LogP contribution < -0.4 is 11.5 Å². The fourth-order valence-corrected chi connectivity index (χ4v) is 1.26. The van der Waals surface area contributed by atoms with Crippen LogP contribution in [0.3, 0.4) is 0 Å². The Morgan fingerprint density at radius 3 is 1.73 bits per heavy atom. The van der Waals surface area contributed by atoms with Gasteiger partial charge in [0.1, 0.15) is 0 Å². The van der Waals surface area contributed by atoms with Gasteiger partial charge in [0.25, 0.3) is 0 Å². The van der Waals surface area contributed by atoms with Crippen molar-refractivity contribution in [2.45, 2.75) is 39.8 Å². The van der Waals surface area contributed by atoms with E-state index in [1.54, 1.807) is 0 Å². The number of carbonyl (C=O) groups is 1. The molecule has 0 heterocycles. The van der Waals surface area contributed by atoms with Crippen molar-refractivity contribution in [2.75, 3.05) is 13.1 Å². The van der Waals surface area contributed by atoms with E-state index in [0.29, 0.717) is 12.1 Å². The summed E-state index contributed by atoms with van der Waals surface area (Å²) in [5, 5.41) is 0. The van der Waals surface area contributed by atoms with E-state index in [2.05, 4.69) is 44.9 Å². The van der Waals surface area contributed by atoms with E-state index in [4.69, 9.17) is 5.73 Å². The number of primary amides is 1. The molecule has 0 radical (unpaired) electrons. The zero-order valence-corrected chi connectivity index (χ0v) is 10.4. The minimum atomic E-state index is -0.481. The summed E-state index contributed by atoms with van der Waals surface area (Å²) in [6, 6.07) is 1.23. The molecule has 4 nitrogen and oxygen atoms in total. The van der Waals surface area contributed by atoms with Gasteiger partial charge in [-0.05, 0) is 33.8 Å². The van der Waals surface area contributed by atoms with E-state index in [1.165, 1.54) is 0 Å². The third kappa shape index (κ3) is 11.1. The highest BCUT2D eigenvalue weighted by atomic mass is 16.1. The second-order valence-electron chi connectivity index (χ2n) is 3.82. The molecule has 0 unspecified atom stereocenters. The molecule has 0 bridgehead atoms. The first-order valence-electron chi connectivity index (χ1n) is 5.24. The van der Waals surface area contributed by atoms with Crippen molar-refractivity contribution in [3.05, 3.63) is 12.7 Å². The van der Waals surface area contributed by atoms with Gasteiger partial charge in [0.05, 0.1) is 0 Å². The maximum atomic E-state index is 9.47. The van der Waals surface area contributed by atoms with Crippen LogP contribution >= 0.6 is 0 Å². The van der Waals surface area contributed by atoms with Crippen LogP contribution in [0.25, 0.3) is 0 Å². The molecule has 0 atom stereocenters. The SMILES string of the molecule is C=CC(N)=O.CC(C)N(CCN)C(C)C. The molecule has 0 aliphatic heterocycles. The molecule has 4 N–H and O–H groups in total. The molecule has 4 heteroatoms. The molecule has 0 aliphatic carbocycles. The van der Waals surface area contributed by atoms with Crippen LogP contribution in [0.4, 0.5) is 0 Å². The first kappa shape index (κ1) is 16.6. The lowest BCUT2D eigenvalue weighted by Gasteiger charge is -2.29. The Hall–Kier alpha value is -0.870. The third-order valence-corrected chi connectivity index (χ3v) is 1.92. The Labute approximate surface area is 93.3 Å². The van der Waals surface area contributed by atoms with Crippen LogP contribution in [-0.2, 0) is 4.79 Å². The number of carbonyl (C=O) groups excluding carboxylic acids is 1. The Kier molecular flexibility index (Phi) is 10.7. The molecule has 90 valence electrons. The fraction of sp³-hybridized carbons (Fsp3) is 0.727. The molecule has 0 aromatic carbocycles. The molecule has 0 spiro atoms. The normalized spacial score (nSPS) is 10.1. The predicted octanol–water partition coefficient (Wildman–Crippen LogP) is 0.722. The second kappa shape index (κ2) is 9.68. The van der Waals surface area contributed by atoms with E-state index >= 15 is 0 Å². The van der Waals surface area contributed by atoms with Gasteiger partial charge in [-0.15, -0.1) is 0 Å². The summed E-state index contributed by atoms with van der Waals surface area (Å²) in [6.45, 7) is 13.7. The largest absolute Gasteiger partial charge is 0.366 e. The van der Waals surface area contributed by atoms with Gasteiger partial charge >= 0.3 is 0 Å². The van der Waals surface area contributed by atoms with Gasteiger partial charge in [-0.2, -0.15) is 0 Å². The maximum absolute atomic E-state index is 9.47. The molecule has 0 aliphatic rings. The van der Waals surface area contributed by atoms with Gasteiger partial charge in [-0.3, -0.25) is 9.69 Å². The van der Waals surface area contributed by atoms with E-state index in [-0.39, 0.29) is 0 Å². The summed E-state index contributed by atoms with van der Waals surface area (Å²) in [4.78, 5) is 11.9. The molecule has 0 saturated heterocycles. The van der Waals surface area contributed by atoms with Gasteiger partial charge in [-0.1, -0.05) is 6.58 Å². The monoisotopic (exact) mass is 215 g/mol. The lowest BCUT2D eigenvalue weighted by atomic mass is 10.2. The minimum absolute atomic E-state index is 0.481. The first-order valence-corrected chi connectivity index (χ1v) is 5.24. The van der Waals surface area contributed by atoms with Crippen molar-refractivity contribution >= 4 is 5.91 Å². The predicted molar refractivity (Wildman–Crippen MR) is 65.4 cm³/mol. The topological polar surface area (TPSA) is 72.4 Å². The molecular formula is C11H25N3O. The van der Waals surface area contributed by atoms with Gasteiger partial charge in [0.15, 0.2) is 0 Å². The lowest BCUT2D eigenvalue weighted by molar-refractivity contribution is -0.113. The highest BCUT2D eigenvalue weighted by Gasteiger charge is 2.10. The van der Waals surface area contributed by atoms with Crippen LogP contribution in [0.1, 0.15) is 27.7 Å². The average molecular weight is 215 g/mol. The van der Waals surface area contributed by atoms with E-state index in [0.717, 1.165) is 19.2 Å². The van der Waals surface area contributed by atoms with E-state index < -0.39 is 5.91 Å². The second-order valence-corrected chi connectivity index (χ2v) is 3.82. The molecular weight excluding hydrogens is 190 g/mol. The summed E-state index contributed by atoms with van der Waals surface area (Å²) in [6.07, 6.45) is 1.06. The van der Waals surface area contributed by atoms with Crippen LogP contribution in [0, 0.1) is 0 Å². The van der Waals surface area contributed by atoms with Crippen molar-refractivity contribution in [1.82, 2.24) is 4.90 Å². The van der Waals surface area contributed by atoms with Crippen molar-refractivity contribution < 1.29 is 4.79 Å². The Morgan fingerprint density at radius 2 is 1.67 bits per heavy atom. The lowest BCUT2D eigenvalue weighted by Crippen LogP contribution is -2.40. The molecule has 1 amide bonds. The standard InChI is InChI=1S/C8H20N2.C3H5NO/c1-7(2)10(6-5-9)8(3)4;1-2-3(4)5/h7-8H,5-6,9H2,1-4H3;2H,1H2,(H2,4,5). The van der Waals surface area contributed by atoms with Crippen molar-refractivity contribution in [3.63, 3.8) is 0 Å². The van der Waals surface area contributed by atoms with Crippen LogP contribution in [0.5, 0.6) is 0 Å². The summed E-state index contributed by atoms with van der Waals surface area (Å²) in [7, 11) is 0. The fourth-order valence-electron chi connectivity index (χ4n) is 1.26. The number of nitrogens with two attached hydrogens (primary N) is 2. The van der Waals surface area contributed by atoms with Crippen molar-refractivity contribution in [1.29, 1.82) is 0 Å². The van der Waals surface area contributed by atoms with E-state index in [9.17, 15) is 4.79 Å². The van der Waals surface area contributed by atoms with Crippen molar-refractivity contribution in [2.24, 2.45) is 11.5 Å². The molecule has 0 saturated carbocycles. The zero-order valence-electron chi connectivity index (χ0n) is 10.4. The number of rotatable bonds is 5. The van der Waals surface area contributed by atoms with E-state index in [1.807, 2.05) is 0 Å². The summed E-state index contributed by atoms with van der Waals surface area (Å²) in [5.41, 5.74) is 10.00. The summed E-state index contributed by atoms with van der Waals surface area (Å²) in [5.74, 6) is -0.481. The average Bonchev–Trinajstić information content (AvgIpc) is 2.14. The molecule has 15 heavy (non-hydrogen) atoms. The number of amides is 1. The zero-order chi connectivity index (χ0) is 12.4. The maximum Gasteiger partial charge on any atom is 0.240 e. The van der Waals surface area contributed by atoms with Crippen LogP contribution in [0.15, 0.2) is 12.7 Å². The Morgan fingerprint density at radius 1 is 1.33 bits per heavy atom. The summed E-state index contributed by atoms with van der Waals surface area (Å²) < 4.78 is 0. The quantitative estimate of drug-likeness (QED) is 0.664. The highest BCUT2D eigenvalue weighted by molar-refractivity contribution is 5.84.